The van der Waals surface area contributed by atoms with Gasteiger partial charge < -0.3 is 20.1 Å². The second-order valence-electron chi connectivity index (χ2n) is 7.52. The fourth-order valence-corrected chi connectivity index (χ4v) is 3.26. The predicted octanol–water partition coefficient (Wildman–Crippen LogP) is 4.35. The number of ether oxygens (including phenoxy) is 2. The number of aryl methyl sites for hydroxylation is 4. The van der Waals surface area contributed by atoms with Gasteiger partial charge in [-0.2, -0.15) is 0 Å². The fourth-order valence-electron chi connectivity index (χ4n) is 3.26. The highest BCUT2D eigenvalue weighted by molar-refractivity contribution is 5.93. The number of amides is 2. The Balaban J connectivity index is 1.53. The number of anilines is 2. The van der Waals surface area contributed by atoms with Crippen LogP contribution in [0.3, 0.4) is 0 Å². The molecule has 0 saturated heterocycles. The van der Waals surface area contributed by atoms with Crippen LogP contribution in [-0.4, -0.2) is 30.0 Å². The molecule has 1 aromatic heterocycles. The smallest absolute Gasteiger partial charge is 0.263 e. The summed E-state index contributed by atoms with van der Waals surface area (Å²) in [5.41, 5.74) is 3.85. The van der Waals surface area contributed by atoms with Crippen LogP contribution in [0.25, 0.3) is 0 Å². The van der Waals surface area contributed by atoms with E-state index in [1.807, 2.05) is 64.1 Å². The van der Waals surface area contributed by atoms with Gasteiger partial charge in [-0.05, 0) is 62.1 Å². The molecule has 7 heteroatoms. The minimum absolute atomic E-state index is 0.145. The number of carbonyl (C=O) groups excluding carboxylic acids is 2. The van der Waals surface area contributed by atoms with Crippen LogP contribution in [0.1, 0.15) is 22.3 Å². The van der Waals surface area contributed by atoms with Crippen LogP contribution in [0.2, 0.25) is 0 Å². The van der Waals surface area contributed by atoms with Gasteiger partial charge in [0.05, 0.1) is 0 Å². The Hall–Kier alpha value is -3.87. The van der Waals surface area contributed by atoms with Crippen LogP contribution in [0.5, 0.6) is 11.5 Å². The third-order valence-corrected chi connectivity index (χ3v) is 4.80. The Morgan fingerprint density at radius 2 is 1.00 bits per heavy atom. The highest BCUT2D eigenvalue weighted by atomic mass is 16.5. The number of benzene rings is 2. The molecule has 2 N–H and O–H groups in total. The van der Waals surface area contributed by atoms with Gasteiger partial charge in [0.1, 0.15) is 23.1 Å². The third kappa shape index (κ3) is 6.07. The largest absolute Gasteiger partial charge is 0.483 e. The van der Waals surface area contributed by atoms with Crippen molar-refractivity contribution in [3.8, 4) is 11.5 Å². The van der Waals surface area contributed by atoms with Crippen LogP contribution in [0.4, 0.5) is 11.6 Å². The number of hydrogen-bond acceptors (Lipinski definition) is 5. The summed E-state index contributed by atoms with van der Waals surface area (Å²) in [6.07, 6.45) is 0. The zero-order chi connectivity index (χ0) is 23.1. The van der Waals surface area contributed by atoms with E-state index >= 15 is 0 Å². The van der Waals surface area contributed by atoms with Crippen LogP contribution in [-0.2, 0) is 9.59 Å². The molecule has 0 aliphatic rings. The maximum atomic E-state index is 12.3. The Bertz CT molecular complexity index is 1000. The number of hydrogen-bond donors (Lipinski definition) is 2. The molecule has 0 bridgehead atoms. The zero-order valence-electron chi connectivity index (χ0n) is 18.7. The zero-order valence-corrected chi connectivity index (χ0v) is 18.7. The van der Waals surface area contributed by atoms with E-state index in [2.05, 4.69) is 15.6 Å². The Morgan fingerprint density at radius 1 is 0.656 bits per heavy atom. The van der Waals surface area contributed by atoms with Crippen molar-refractivity contribution < 1.29 is 19.1 Å². The van der Waals surface area contributed by atoms with E-state index in [1.165, 1.54) is 0 Å². The summed E-state index contributed by atoms with van der Waals surface area (Å²) >= 11 is 0. The average molecular weight is 434 g/mol. The minimum atomic E-state index is -0.345. The lowest BCUT2D eigenvalue weighted by Gasteiger charge is -2.13. The fraction of sp³-hybridized carbons (Fsp3) is 0.240. The number of carbonyl (C=O) groups is 2. The van der Waals surface area contributed by atoms with Crippen LogP contribution in [0.15, 0.2) is 54.6 Å². The molecule has 3 rings (SSSR count). The SMILES string of the molecule is Cc1cccc(C)c1OCC(=O)Nc1cccc(NC(=O)COc2c(C)cccc2C)n1. The van der Waals surface area contributed by atoms with Crippen molar-refractivity contribution in [1.29, 1.82) is 0 Å². The lowest BCUT2D eigenvalue weighted by atomic mass is 10.1. The summed E-state index contributed by atoms with van der Waals surface area (Å²) in [7, 11) is 0. The van der Waals surface area contributed by atoms with Crippen molar-refractivity contribution in [2.24, 2.45) is 0 Å². The molecule has 2 amide bonds. The van der Waals surface area contributed by atoms with Gasteiger partial charge in [0.15, 0.2) is 13.2 Å². The van der Waals surface area contributed by atoms with Gasteiger partial charge >= 0.3 is 0 Å². The third-order valence-electron chi connectivity index (χ3n) is 4.80. The molecule has 0 aliphatic heterocycles. The average Bonchev–Trinajstić information content (AvgIpc) is 2.73. The molecule has 0 radical (unpaired) electrons. The summed E-state index contributed by atoms with van der Waals surface area (Å²) < 4.78 is 11.3. The topological polar surface area (TPSA) is 89.6 Å². The van der Waals surface area contributed by atoms with Crippen molar-refractivity contribution in [2.45, 2.75) is 27.7 Å². The standard InChI is InChI=1S/C25H27N3O4/c1-16-8-5-9-17(2)24(16)31-14-22(29)27-20-12-7-13-21(26-20)28-23(30)15-32-25-18(3)10-6-11-19(25)4/h5-13H,14-15H2,1-4H3,(H2,26,27,28,29,30). The lowest BCUT2D eigenvalue weighted by molar-refractivity contribution is -0.118. The maximum Gasteiger partial charge on any atom is 0.263 e. The van der Waals surface area contributed by atoms with Crippen molar-refractivity contribution in [2.75, 3.05) is 23.8 Å². The van der Waals surface area contributed by atoms with Gasteiger partial charge in [0.2, 0.25) is 0 Å². The molecule has 166 valence electrons. The second kappa shape index (κ2) is 10.4. The van der Waals surface area contributed by atoms with Crippen molar-refractivity contribution in [3.05, 3.63) is 76.9 Å². The van der Waals surface area contributed by atoms with E-state index in [4.69, 9.17) is 9.47 Å². The number of nitrogens with zero attached hydrogens (tertiary/aromatic N) is 1. The van der Waals surface area contributed by atoms with E-state index in [9.17, 15) is 9.59 Å². The van der Waals surface area contributed by atoms with Gasteiger partial charge in [-0.15, -0.1) is 0 Å². The predicted molar refractivity (Wildman–Crippen MR) is 124 cm³/mol. The molecule has 0 atom stereocenters. The molecule has 7 nitrogen and oxygen atoms in total. The summed E-state index contributed by atoms with van der Waals surface area (Å²) in [6, 6.07) is 16.6. The van der Waals surface area contributed by atoms with Gasteiger partial charge in [0.25, 0.3) is 11.8 Å². The Labute approximate surface area is 187 Å². The summed E-state index contributed by atoms with van der Waals surface area (Å²) in [5, 5.41) is 5.36. The normalized spacial score (nSPS) is 10.4. The molecular weight excluding hydrogens is 406 g/mol. The highest BCUT2D eigenvalue weighted by Gasteiger charge is 2.11. The Kier molecular flexibility index (Phi) is 7.44. The van der Waals surface area contributed by atoms with Gasteiger partial charge in [-0.3, -0.25) is 9.59 Å². The van der Waals surface area contributed by atoms with E-state index in [-0.39, 0.29) is 25.0 Å². The summed E-state index contributed by atoms with van der Waals surface area (Å²) in [4.78, 5) is 28.8. The first-order valence-corrected chi connectivity index (χ1v) is 10.3. The maximum absolute atomic E-state index is 12.3. The molecule has 0 aliphatic carbocycles. The molecule has 0 saturated carbocycles. The van der Waals surface area contributed by atoms with Gasteiger partial charge in [0, 0.05) is 0 Å². The van der Waals surface area contributed by atoms with Crippen molar-refractivity contribution >= 4 is 23.5 Å². The second-order valence-corrected chi connectivity index (χ2v) is 7.52. The first kappa shape index (κ1) is 22.8. The van der Waals surface area contributed by atoms with Gasteiger partial charge in [-0.25, -0.2) is 4.98 Å². The first-order chi connectivity index (χ1) is 15.3. The van der Waals surface area contributed by atoms with Crippen molar-refractivity contribution in [3.63, 3.8) is 0 Å². The molecular formula is C25H27N3O4. The number of rotatable bonds is 8. The van der Waals surface area contributed by atoms with Crippen LogP contribution >= 0.6 is 0 Å². The molecule has 0 spiro atoms. The lowest BCUT2D eigenvalue weighted by Crippen LogP contribution is -2.23. The van der Waals surface area contributed by atoms with E-state index in [0.29, 0.717) is 23.1 Å². The number of pyridine rings is 1. The van der Waals surface area contributed by atoms with Gasteiger partial charge in [-0.1, -0.05) is 42.5 Å². The van der Waals surface area contributed by atoms with Crippen LogP contribution < -0.4 is 20.1 Å². The monoisotopic (exact) mass is 433 g/mol. The molecule has 3 aromatic rings. The number of para-hydroxylation sites is 2. The molecule has 1 heterocycles. The van der Waals surface area contributed by atoms with E-state index in [1.54, 1.807) is 18.2 Å². The summed E-state index contributed by atoms with van der Waals surface area (Å²) in [6.45, 7) is 7.42. The molecule has 32 heavy (non-hydrogen) atoms. The highest BCUT2D eigenvalue weighted by Crippen LogP contribution is 2.23. The first-order valence-electron chi connectivity index (χ1n) is 10.3. The molecule has 0 unspecified atom stereocenters. The number of nitrogens with one attached hydrogen (secondary N) is 2. The van der Waals surface area contributed by atoms with E-state index < -0.39 is 0 Å². The quantitative estimate of drug-likeness (QED) is 0.551. The van der Waals surface area contributed by atoms with E-state index in [0.717, 1.165) is 22.3 Å². The summed E-state index contributed by atoms with van der Waals surface area (Å²) in [5.74, 6) is 1.33. The Morgan fingerprint density at radius 3 is 1.38 bits per heavy atom. The van der Waals surface area contributed by atoms with Crippen LogP contribution in [0, 0.1) is 27.7 Å². The molecule has 0 fully saturated rings. The molecule has 2 aromatic carbocycles. The minimum Gasteiger partial charge on any atom is -0.483 e. The van der Waals surface area contributed by atoms with Crippen molar-refractivity contribution in [1.82, 2.24) is 4.98 Å². The number of aromatic nitrogens is 1.